The molecule has 0 unspecified atom stereocenters. The zero-order valence-electron chi connectivity index (χ0n) is 5.91. The summed E-state index contributed by atoms with van der Waals surface area (Å²) in [5.41, 5.74) is 0. The molecule has 1 atom stereocenters. The molecule has 0 spiro atoms. The van der Waals surface area contributed by atoms with E-state index in [4.69, 9.17) is 0 Å². The summed E-state index contributed by atoms with van der Waals surface area (Å²) >= 11 is 0. The van der Waals surface area contributed by atoms with Gasteiger partial charge in [-0.15, -0.1) is 0 Å². The van der Waals surface area contributed by atoms with E-state index in [0.29, 0.717) is 13.0 Å². The van der Waals surface area contributed by atoms with Crippen LogP contribution in [-0.2, 0) is 19.1 Å². The van der Waals surface area contributed by atoms with Crippen molar-refractivity contribution in [2.45, 2.75) is 12.5 Å². The van der Waals surface area contributed by atoms with Crippen molar-refractivity contribution in [3.05, 3.63) is 12.7 Å². The first-order valence-corrected chi connectivity index (χ1v) is 3.23. The van der Waals surface area contributed by atoms with Crippen LogP contribution in [0.1, 0.15) is 6.42 Å². The fraction of sp³-hybridized carbons (Fsp3) is 0.429. The van der Waals surface area contributed by atoms with E-state index in [1.165, 1.54) is 0 Å². The fourth-order valence-electron chi connectivity index (χ4n) is 0.773. The Morgan fingerprint density at radius 3 is 3.00 bits per heavy atom. The third-order valence-electron chi connectivity index (χ3n) is 1.31. The molecule has 0 bridgehead atoms. The van der Waals surface area contributed by atoms with Crippen molar-refractivity contribution in [1.29, 1.82) is 0 Å². The van der Waals surface area contributed by atoms with Crippen molar-refractivity contribution in [1.82, 2.24) is 0 Å². The molecule has 1 rings (SSSR count). The van der Waals surface area contributed by atoms with Gasteiger partial charge < -0.3 is 9.47 Å². The Morgan fingerprint density at radius 2 is 2.55 bits per heavy atom. The van der Waals surface area contributed by atoms with Crippen molar-refractivity contribution in [2.75, 3.05) is 6.61 Å². The molecule has 1 aliphatic rings. The van der Waals surface area contributed by atoms with E-state index in [1.54, 1.807) is 0 Å². The van der Waals surface area contributed by atoms with Crippen LogP contribution in [0.15, 0.2) is 12.7 Å². The van der Waals surface area contributed by atoms with Crippen molar-refractivity contribution < 1.29 is 19.1 Å². The number of rotatable bonds is 2. The first-order chi connectivity index (χ1) is 5.24. The predicted molar refractivity (Wildman–Crippen MR) is 35.7 cm³/mol. The Labute approximate surface area is 63.8 Å². The minimum Gasteiger partial charge on any atom is -0.463 e. The third-order valence-corrected chi connectivity index (χ3v) is 1.31. The van der Waals surface area contributed by atoms with Crippen LogP contribution >= 0.6 is 0 Å². The van der Waals surface area contributed by atoms with Crippen LogP contribution in [0.4, 0.5) is 0 Å². The standard InChI is InChI=1S/C7H8O4/c1-2-6(8)11-5-3-4-10-7(5)9/h2,5H,1,3-4H2/t5-/m1/s1. The van der Waals surface area contributed by atoms with Crippen LogP contribution < -0.4 is 0 Å². The minimum absolute atomic E-state index is 0.327. The molecule has 0 aliphatic carbocycles. The molecule has 0 aromatic carbocycles. The molecule has 4 nitrogen and oxygen atoms in total. The first-order valence-electron chi connectivity index (χ1n) is 3.23. The number of cyclic esters (lactones) is 1. The van der Waals surface area contributed by atoms with Gasteiger partial charge in [-0.3, -0.25) is 0 Å². The summed E-state index contributed by atoms with van der Waals surface area (Å²) in [6.07, 6.45) is 0.741. The lowest BCUT2D eigenvalue weighted by atomic mass is 10.3. The maximum atomic E-state index is 10.7. The molecule has 0 amide bonds. The highest BCUT2D eigenvalue weighted by Gasteiger charge is 2.29. The number of hydrogen-bond acceptors (Lipinski definition) is 4. The smallest absolute Gasteiger partial charge is 0.347 e. The molecule has 1 aliphatic heterocycles. The van der Waals surface area contributed by atoms with Gasteiger partial charge in [-0.1, -0.05) is 6.58 Å². The highest BCUT2D eigenvalue weighted by atomic mass is 16.6. The Morgan fingerprint density at radius 1 is 1.82 bits per heavy atom. The second-order valence-corrected chi connectivity index (χ2v) is 2.09. The van der Waals surface area contributed by atoms with Crippen LogP contribution in [0, 0.1) is 0 Å². The van der Waals surface area contributed by atoms with E-state index in [0.717, 1.165) is 6.08 Å². The normalized spacial score (nSPS) is 22.5. The van der Waals surface area contributed by atoms with Gasteiger partial charge >= 0.3 is 11.9 Å². The summed E-state index contributed by atoms with van der Waals surface area (Å²) in [6.45, 7) is 3.53. The van der Waals surface area contributed by atoms with Crippen molar-refractivity contribution >= 4 is 11.9 Å². The Hall–Kier alpha value is -1.32. The van der Waals surface area contributed by atoms with Crippen LogP contribution in [-0.4, -0.2) is 24.6 Å². The fourth-order valence-corrected chi connectivity index (χ4v) is 0.773. The topological polar surface area (TPSA) is 52.6 Å². The lowest BCUT2D eigenvalue weighted by Gasteiger charge is -2.03. The van der Waals surface area contributed by atoms with Gasteiger partial charge in [0, 0.05) is 12.5 Å². The lowest BCUT2D eigenvalue weighted by Crippen LogP contribution is -2.21. The molecule has 60 valence electrons. The summed E-state index contributed by atoms with van der Waals surface area (Å²) < 4.78 is 9.20. The zero-order valence-corrected chi connectivity index (χ0v) is 5.91. The maximum absolute atomic E-state index is 10.7. The van der Waals surface area contributed by atoms with Crippen LogP contribution in [0.5, 0.6) is 0 Å². The lowest BCUT2D eigenvalue weighted by molar-refractivity contribution is -0.156. The van der Waals surface area contributed by atoms with E-state index in [-0.39, 0.29) is 0 Å². The summed E-state index contributed by atoms with van der Waals surface area (Å²) in [6, 6.07) is 0. The van der Waals surface area contributed by atoms with Crippen LogP contribution in [0.25, 0.3) is 0 Å². The van der Waals surface area contributed by atoms with E-state index < -0.39 is 18.0 Å². The molecule has 0 aromatic heterocycles. The monoisotopic (exact) mass is 156 g/mol. The van der Waals surface area contributed by atoms with Crippen LogP contribution in [0.2, 0.25) is 0 Å². The van der Waals surface area contributed by atoms with Crippen molar-refractivity contribution in [2.24, 2.45) is 0 Å². The summed E-state index contributed by atoms with van der Waals surface area (Å²) in [4.78, 5) is 21.3. The third kappa shape index (κ3) is 1.80. The number of carbonyl (C=O) groups excluding carboxylic acids is 2. The van der Waals surface area contributed by atoms with Gasteiger partial charge in [-0.05, 0) is 0 Å². The maximum Gasteiger partial charge on any atom is 0.347 e. The molecule has 1 saturated heterocycles. The van der Waals surface area contributed by atoms with Crippen molar-refractivity contribution in [3.8, 4) is 0 Å². The van der Waals surface area contributed by atoms with E-state index in [2.05, 4.69) is 16.1 Å². The second kappa shape index (κ2) is 3.18. The summed E-state index contributed by atoms with van der Waals surface area (Å²) in [5.74, 6) is -1.06. The quantitative estimate of drug-likeness (QED) is 0.418. The highest BCUT2D eigenvalue weighted by Crippen LogP contribution is 2.09. The molecular formula is C7H8O4. The van der Waals surface area contributed by atoms with Gasteiger partial charge in [-0.25, -0.2) is 9.59 Å². The zero-order chi connectivity index (χ0) is 8.27. The molecule has 11 heavy (non-hydrogen) atoms. The van der Waals surface area contributed by atoms with Gasteiger partial charge in [0.25, 0.3) is 0 Å². The van der Waals surface area contributed by atoms with Crippen molar-refractivity contribution in [3.63, 3.8) is 0 Å². The van der Waals surface area contributed by atoms with Gasteiger partial charge in [-0.2, -0.15) is 0 Å². The van der Waals surface area contributed by atoms with E-state index in [1.807, 2.05) is 0 Å². The minimum atomic E-state index is -0.722. The summed E-state index contributed by atoms with van der Waals surface area (Å²) in [5, 5.41) is 0. The Kier molecular flexibility index (Phi) is 2.25. The van der Waals surface area contributed by atoms with Gasteiger partial charge in [0.2, 0.25) is 6.10 Å². The second-order valence-electron chi connectivity index (χ2n) is 2.09. The molecule has 0 saturated carbocycles. The average Bonchev–Trinajstić information content (AvgIpc) is 2.37. The molecule has 1 fully saturated rings. The Bertz CT molecular complexity index is 197. The number of hydrogen-bond donors (Lipinski definition) is 0. The molecule has 0 radical (unpaired) electrons. The SMILES string of the molecule is C=CC(=O)O[C@@H]1CCOC1=O. The first kappa shape index (κ1) is 7.78. The van der Waals surface area contributed by atoms with Gasteiger partial charge in [0.05, 0.1) is 6.61 Å². The molecule has 0 aromatic rings. The molecule has 1 heterocycles. The molecule has 0 N–H and O–H groups in total. The largest absolute Gasteiger partial charge is 0.463 e. The van der Waals surface area contributed by atoms with Crippen LogP contribution in [0.3, 0.4) is 0 Å². The van der Waals surface area contributed by atoms with E-state index >= 15 is 0 Å². The predicted octanol–water partition coefficient (Wildman–Crippen LogP) is 0.0311. The van der Waals surface area contributed by atoms with Gasteiger partial charge in [0.1, 0.15) is 0 Å². The number of carbonyl (C=O) groups is 2. The van der Waals surface area contributed by atoms with Gasteiger partial charge in [0.15, 0.2) is 0 Å². The molecule has 4 heteroatoms. The average molecular weight is 156 g/mol. The highest BCUT2D eigenvalue weighted by molar-refractivity contribution is 5.85. The summed E-state index contributed by atoms with van der Waals surface area (Å²) in [7, 11) is 0. The van der Waals surface area contributed by atoms with E-state index in [9.17, 15) is 9.59 Å². The number of ether oxygens (including phenoxy) is 2. The number of esters is 2. The Balaban J connectivity index is 2.42. The molecular weight excluding hydrogens is 148 g/mol.